The molecule has 0 fully saturated rings. The molecule has 5 aromatic rings. The summed E-state index contributed by atoms with van der Waals surface area (Å²) in [6, 6.07) is 27.8. The van der Waals surface area contributed by atoms with Crippen LogP contribution in [-0.2, 0) is 33.0 Å². The maximum absolute atomic E-state index is 14.9. The number of aromatic nitrogens is 1. The second kappa shape index (κ2) is 15.8. The molecule has 7 rings (SSSR count). The zero-order chi connectivity index (χ0) is 39.7. The van der Waals surface area contributed by atoms with E-state index in [-0.39, 0.29) is 30.2 Å². The van der Waals surface area contributed by atoms with E-state index in [0.29, 0.717) is 54.2 Å². The first-order valence-electron chi connectivity index (χ1n) is 18.9. The molecule has 2 aliphatic rings. The lowest BCUT2D eigenvalue weighted by Gasteiger charge is -2.36. The first-order valence-corrected chi connectivity index (χ1v) is 18.9. The van der Waals surface area contributed by atoms with Crippen LogP contribution >= 0.6 is 0 Å². The van der Waals surface area contributed by atoms with E-state index < -0.39 is 6.09 Å². The van der Waals surface area contributed by atoms with Crippen molar-refractivity contribution in [2.45, 2.75) is 45.8 Å². The van der Waals surface area contributed by atoms with Gasteiger partial charge in [-0.2, -0.15) is 0 Å². The summed E-state index contributed by atoms with van der Waals surface area (Å²) in [7, 11) is 7.51. The molecule has 10 heteroatoms. The highest BCUT2D eigenvalue weighted by Gasteiger charge is 2.33. The molecule has 3 heterocycles. The van der Waals surface area contributed by atoms with Gasteiger partial charge in [0.15, 0.2) is 0 Å². The Bertz CT molecular complexity index is 2390. The Morgan fingerprint density at radius 2 is 1.57 bits per heavy atom. The zero-order valence-corrected chi connectivity index (χ0v) is 32.8. The van der Waals surface area contributed by atoms with E-state index >= 15 is 0 Å². The molecule has 1 aromatic heterocycles. The third-order valence-electron chi connectivity index (χ3n) is 10.9. The Hall–Kier alpha value is -6.31. The largest absolute Gasteiger partial charge is 0.508 e. The van der Waals surface area contributed by atoms with Crippen molar-refractivity contribution in [1.29, 1.82) is 0 Å². The number of ether oxygens (including phenoxy) is 1. The normalized spacial score (nSPS) is 14.7. The number of nitrogens with zero attached hydrogens (tertiary/aromatic N) is 5. The number of hydrogen-bond acceptors (Lipinski definition) is 6. The molecular weight excluding hydrogens is 703 g/mol. The van der Waals surface area contributed by atoms with Gasteiger partial charge in [0.1, 0.15) is 11.5 Å². The van der Waals surface area contributed by atoms with Crippen LogP contribution in [-0.4, -0.2) is 82.6 Å². The number of para-hydroxylation sites is 1. The van der Waals surface area contributed by atoms with Gasteiger partial charge in [-0.15, -0.1) is 0 Å². The Morgan fingerprint density at radius 3 is 2.32 bits per heavy atom. The van der Waals surface area contributed by atoms with E-state index in [1.807, 2.05) is 84.9 Å². The number of aromatic hydroxyl groups is 1. The fourth-order valence-electron chi connectivity index (χ4n) is 7.52. The molecule has 286 valence electrons. The number of fused-ring (bicyclic) bond motifs is 2. The summed E-state index contributed by atoms with van der Waals surface area (Å²) in [5.41, 5.74) is 8.81. The van der Waals surface area contributed by atoms with Gasteiger partial charge < -0.3 is 29.1 Å². The van der Waals surface area contributed by atoms with Gasteiger partial charge in [-0.1, -0.05) is 48.2 Å². The Kier molecular flexibility index (Phi) is 10.7. The lowest BCUT2D eigenvalue weighted by atomic mass is 9.90. The highest BCUT2D eigenvalue weighted by Crippen LogP contribution is 2.36. The molecule has 0 spiro atoms. The van der Waals surface area contributed by atoms with Crippen LogP contribution in [0.15, 0.2) is 91.0 Å². The third-order valence-corrected chi connectivity index (χ3v) is 10.9. The van der Waals surface area contributed by atoms with Crippen LogP contribution in [0.3, 0.4) is 0 Å². The van der Waals surface area contributed by atoms with Crippen molar-refractivity contribution in [2.75, 3.05) is 39.1 Å². The Labute approximate surface area is 328 Å². The number of carbonyl (C=O) groups excluding carboxylic acids is 3. The van der Waals surface area contributed by atoms with E-state index in [2.05, 4.69) is 37.0 Å². The van der Waals surface area contributed by atoms with Crippen molar-refractivity contribution in [3.8, 4) is 34.6 Å². The lowest BCUT2D eigenvalue weighted by Crippen LogP contribution is -2.43. The van der Waals surface area contributed by atoms with Crippen molar-refractivity contribution in [2.24, 2.45) is 7.05 Å². The maximum atomic E-state index is 14.9. The smallest absolute Gasteiger partial charge is 0.415 e. The number of amides is 3. The molecule has 56 heavy (non-hydrogen) atoms. The molecule has 3 amide bonds. The minimum atomic E-state index is -0.477. The summed E-state index contributed by atoms with van der Waals surface area (Å²) >= 11 is 0. The van der Waals surface area contributed by atoms with Gasteiger partial charge in [0.05, 0.1) is 17.7 Å². The van der Waals surface area contributed by atoms with E-state index in [1.165, 1.54) is 5.56 Å². The first kappa shape index (κ1) is 38.0. The molecule has 0 bridgehead atoms. The molecular formula is C46H47N5O5. The number of benzene rings is 4. The Balaban J connectivity index is 1.24. The van der Waals surface area contributed by atoms with Gasteiger partial charge in [-0.05, 0) is 118 Å². The predicted molar refractivity (Wildman–Crippen MR) is 218 cm³/mol. The second-order valence-electron chi connectivity index (χ2n) is 15.0. The molecule has 0 aliphatic carbocycles. The SMILES string of the molecule is Cc1c(C(=O)N(C)c2ccc(O)cc2)cc(-c2cc3c(cc2C(=O)N2Cc4ccccc4C[C@H]2C)CN(C(=O)Oc2ccccc2C#CCN(C)C)CC3)n1C. The van der Waals surface area contributed by atoms with E-state index in [4.69, 9.17) is 4.74 Å². The van der Waals surface area contributed by atoms with Crippen molar-refractivity contribution in [3.63, 3.8) is 0 Å². The monoisotopic (exact) mass is 749 g/mol. The van der Waals surface area contributed by atoms with Gasteiger partial charge >= 0.3 is 6.09 Å². The van der Waals surface area contributed by atoms with E-state index in [1.54, 1.807) is 47.2 Å². The molecule has 0 radical (unpaired) electrons. The summed E-state index contributed by atoms with van der Waals surface area (Å²) in [6.45, 7) is 5.74. The van der Waals surface area contributed by atoms with Crippen LogP contribution in [0.1, 0.15) is 61.2 Å². The fraction of sp³-hybridized carbons (Fsp3) is 0.283. The van der Waals surface area contributed by atoms with Gasteiger partial charge in [0.2, 0.25) is 0 Å². The Morgan fingerprint density at radius 1 is 0.857 bits per heavy atom. The van der Waals surface area contributed by atoms with Crippen LogP contribution in [0.25, 0.3) is 11.3 Å². The lowest BCUT2D eigenvalue weighted by molar-refractivity contribution is 0.0658. The van der Waals surface area contributed by atoms with Crippen LogP contribution in [0.2, 0.25) is 0 Å². The highest BCUT2D eigenvalue weighted by atomic mass is 16.6. The first-order chi connectivity index (χ1) is 26.9. The van der Waals surface area contributed by atoms with Crippen LogP contribution < -0.4 is 9.64 Å². The summed E-state index contributed by atoms with van der Waals surface area (Å²) < 4.78 is 7.90. The van der Waals surface area contributed by atoms with Gasteiger partial charge in [-0.25, -0.2) is 4.79 Å². The van der Waals surface area contributed by atoms with Gasteiger partial charge in [0.25, 0.3) is 11.8 Å². The van der Waals surface area contributed by atoms with Crippen molar-refractivity contribution in [1.82, 2.24) is 19.3 Å². The number of rotatable bonds is 6. The maximum Gasteiger partial charge on any atom is 0.415 e. The van der Waals surface area contributed by atoms with Crippen LogP contribution in [0, 0.1) is 18.8 Å². The summed E-state index contributed by atoms with van der Waals surface area (Å²) in [6.07, 6.45) is 0.825. The summed E-state index contributed by atoms with van der Waals surface area (Å²) in [5, 5.41) is 9.80. The molecule has 1 atom stereocenters. The summed E-state index contributed by atoms with van der Waals surface area (Å²) in [4.78, 5) is 49.6. The predicted octanol–water partition coefficient (Wildman–Crippen LogP) is 7.04. The number of phenols is 1. The van der Waals surface area contributed by atoms with E-state index in [0.717, 1.165) is 40.1 Å². The van der Waals surface area contributed by atoms with Crippen molar-refractivity contribution < 1.29 is 24.2 Å². The highest BCUT2D eigenvalue weighted by molar-refractivity contribution is 6.08. The molecule has 1 N–H and O–H groups in total. The number of phenolic OH excluding ortho intramolecular Hbond substituents is 1. The third kappa shape index (κ3) is 7.63. The van der Waals surface area contributed by atoms with E-state index in [9.17, 15) is 19.5 Å². The minimum absolute atomic E-state index is 0.0418. The number of anilines is 1. The molecule has 0 saturated carbocycles. The molecule has 2 aliphatic heterocycles. The second-order valence-corrected chi connectivity index (χ2v) is 15.0. The average molecular weight is 750 g/mol. The van der Waals surface area contributed by atoms with Crippen molar-refractivity contribution in [3.05, 3.63) is 136 Å². The van der Waals surface area contributed by atoms with Gasteiger partial charge in [0, 0.05) is 68.0 Å². The standard InChI is InChI=1S/C46H47N5O5/c1-30-24-33-13-7-8-14-35(33)29-51(30)45(54)41-26-36-28-50(46(55)56-43-16-10-9-12-32(43)15-11-22-47(3)4)23-21-34(36)25-40(41)42-27-39(31(2)48(42)5)44(53)49(6)37-17-19-38(52)20-18-37/h7-10,12-14,16-20,25-27,30,52H,21-24,28-29H2,1-6H3/t30-/m1/s1. The molecule has 0 saturated heterocycles. The molecule has 0 unspecified atom stereocenters. The summed E-state index contributed by atoms with van der Waals surface area (Å²) in [5.74, 6) is 6.44. The average Bonchev–Trinajstić information content (AvgIpc) is 3.49. The van der Waals surface area contributed by atoms with Crippen LogP contribution in [0.4, 0.5) is 10.5 Å². The molecule has 10 nitrogen and oxygen atoms in total. The van der Waals surface area contributed by atoms with Crippen LogP contribution in [0.5, 0.6) is 11.5 Å². The number of carbonyl (C=O) groups is 3. The minimum Gasteiger partial charge on any atom is -0.508 e. The quantitative estimate of drug-likeness (QED) is 0.187. The molecule has 4 aromatic carbocycles. The number of hydrogen-bond donors (Lipinski definition) is 1. The van der Waals surface area contributed by atoms with Gasteiger partial charge in [-0.3, -0.25) is 14.5 Å². The zero-order valence-electron chi connectivity index (χ0n) is 32.8. The fourth-order valence-corrected chi connectivity index (χ4v) is 7.52. The van der Waals surface area contributed by atoms with Crippen molar-refractivity contribution >= 4 is 23.6 Å². The topological polar surface area (TPSA) is 98.6 Å².